The van der Waals surface area contributed by atoms with Gasteiger partial charge in [0, 0.05) is 5.92 Å². The summed E-state index contributed by atoms with van der Waals surface area (Å²) in [7, 11) is 0. The Balaban J connectivity index is 2.06. The van der Waals surface area contributed by atoms with E-state index in [9.17, 15) is 14.7 Å². The first kappa shape index (κ1) is 15.5. The Morgan fingerprint density at radius 3 is 2.43 bits per heavy atom. The van der Waals surface area contributed by atoms with Crippen molar-refractivity contribution in [2.75, 3.05) is 0 Å². The Morgan fingerprint density at radius 2 is 1.86 bits per heavy atom. The first-order valence-electron chi connectivity index (χ1n) is 7.39. The van der Waals surface area contributed by atoms with Crippen molar-refractivity contribution in [2.45, 2.75) is 46.1 Å². The van der Waals surface area contributed by atoms with Crippen LogP contribution in [-0.2, 0) is 22.4 Å². The largest absolute Gasteiger partial charge is 0.480 e. The average molecular weight is 289 g/mol. The lowest BCUT2D eigenvalue weighted by atomic mass is 9.82. The van der Waals surface area contributed by atoms with Gasteiger partial charge in [0.15, 0.2) is 0 Å². The Hall–Kier alpha value is -1.84. The van der Waals surface area contributed by atoms with Gasteiger partial charge >= 0.3 is 5.97 Å². The van der Waals surface area contributed by atoms with Crippen molar-refractivity contribution in [2.24, 2.45) is 11.3 Å². The third-order valence-corrected chi connectivity index (χ3v) is 4.12. The first-order chi connectivity index (χ1) is 9.79. The van der Waals surface area contributed by atoms with Gasteiger partial charge in [0.05, 0.1) is 0 Å². The number of carbonyl (C=O) groups excluding carboxylic acids is 1. The number of carboxylic acids is 1. The second-order valence-electron chi connectivity index (χ2n) is 6.85. The van der Waals surface area contributed by atoms with Crippen LogP contribution in [0.15, 0.2) is 24.3 Å². The number of carboxylic acid groups (broad SMARTS) is 1. The van der Waals surface area contributed by atoms with E-state index in [2.05, 4.69) is 11.4 Å². The Bertz CT molecular complexity index is 545. The fraction of sp³-hybridized carbons (Fsp3) is 0.529. The zero-order chi connectivity index (χ0) is 15.6. The molecule has 114 valence electrons. The Kier molecular flexibility index (Phi) is 4.35. The maximum absolute atomic E-state index is 12.4. The second-order valence-corrected chi connectivity index (χ2v) is 6.85. The number of aliphatic carboxylic acids is 1. The molecule has 0 aliphatic heterocycles. The van der Waals surface area contributed by atoms with Gasteiger partial charge in [-0.1, -0.05) is 45.0 Å². The van der Waals surface area contributed by atoms with E-state index in [1.54, 1.807) is 0 Å². The fourth-order valence-corrected chi connectivity index (χ4v) is 2.83. The molecule has 2 atom stereocenters. The van der Waals surface area contributed by atoms with Crippen LogP contribution >= 0.6 is 0 Å². The number of rotatable bonds is 3. The summed E-state index contributed by atoms with van der Waals surface area (Å²) in [5.74, 6) is -1.26. The number of amides is 1. The molecular weight excluding hydrogens is 266 g/mol. The lowest BCUT2D eigenvalue weighted by Crippen LogP contribution is -2.51. The number of fused-ring (bicyclic) bond motifs is 1. The third-order valence-electron chi connectivity index (χ3n) is 4.12. The van der Waals surface area contributed by atoms with Gasteiger partial charge in [0.2, 0.25) is 5.91 Å². The standard InChI is InChI=1S/C17H23NO3/c1-17(2,3)14(16(20)21)18-15(19)13-9-8-11-6-4-5-7-12(11)10-13/h4-7,13-14H,8-10H2,1-3H3,(H,18,19)(H,20,21)/t13?,14-/m1/s1. The highest BCUT2D eigenvalue weighted by Gasteiger charge is 2.35. The first-order valence-corrected chi connectivity index (χ1v) is 7.39. The van der Waals surface area contributed by atoms with Gasteiger partial charge in [-0.15, -0.1) is 0 Å². The van der Waals surface area contributed by atoms with Gasteiger partial charge in [0.1, 0.15) is 6.04 Å². The summed E-state index contributed by atoms with van der Waals surface area (Å²) in [6, 6.07) is 7.28. The van der Waals surface area contributed by atoms with Gasteiger partial charge in [0.25, 0.3) is 0 Å². The van der Waals surface area contributed by atoms with Gasteiger partial charge in [-0.25, -0.2) is 4.79 Å². The van der Waals surface area contributed by atoms with Crippen LogP contribution in [0.4, 0.5) is 0 Å². The number of hydrogen-bond donors (Lipinski definition) is 2. The van der Waals surface area contributed by atoms with Crippen molar-refractivity contribution < 1.29 is 14.7 Å². The van der Waals surface area contributed by atoms with E-state index in [1.165, 1.54) is 11.1 Å². The van der Waals surface area contributed by atoms with Crippen molar-refractivity contribution >= 4 is 11.9 Å². The molecule has 2 N–H and O–H groups in total. The smallest absolute Gasteiger partial charge is 0.326 e. The van der Waals surface area contributed by atoms with Crippen LogP contribution in [0, 0.1) is 11.3 Å². The molecule has 1 aliphatic rings. The minimum Gasteiger partial charge on any atom is -0.480 e. The molecule has 4 nitrogen and oxygen atoms in total. The molecule has 0 saturated heterocycles. The van der Waals surface area contributed by atoms with E-state index in [4.69, 9.17) is 0 Å². The fourth-order valence-electron chi connectivity index (χ4n) is 2.83. The minimum absolute atomic E-state index is 0.135. The van der Waals surface area contributed by atoms with Crippen LogP contribution in [0.25, 0.3) is 0 Å². The average Bonchev–Trinajstić information content (AvgIpc) is 2.42. The van der Waals surface area contributed by atoms with Crippen LogP contribution < -0.4 is 5.32 Å². The predicted molar refractivity (Wildman–Crippen MR) is 81.0 cm³/mol. The summed E-state index contributed by atoms with van der Waals surface area (Å²) in [5, 5.41) is 12.0. The predicted octanol–water partition coefficient (Wildman–Crippen LogP) is 2.41. The van der Waals surface area contributed by atoms with Crippen molar-refractivity contribution in [3.05, 3.63) is 35.4 Å². The van der Waals surface area contributed by atoms with Gasteiger partial charge < -0.3 is 10.4 Å². The molecule has 1 aliphatic carbocycles. The van der Waals surface area contributed by atoms with Crippen LogP contribution in [0.1, 0.15) is 38.3 Å². The summed E-state index contributed by atoms with van der Waals surface area (Å²) >= 11 is 0. The molecule has 0 fully saturated rings. The molecule has 21 heavy (non-hydrogen) atoms. The Labute approximate surface area is 125 Å². The lowest BCUT2D eigenvalue weighted by molar-refractivity contribution is -0.145. The molecule has 0 bridgehead atoms. The van der Waals surface area contributed by atoms with Crippen LogP contribution in [0.2, 0.25) is 0 Å². The molecule has 1 aromatic carbocycles. The van der Waals surface area contributed by atoms with Gasteiger partial charge in [-0.05, 0) is 35.8 Å². The highest BCUT2D eigenvalue weighted by Crippen LogP contribution is 2.26. The quantitative estimate of drug-likeness (QED) is 0.898. The van der Waals surface area contributed by atoms with Crippen molar-refractivity contribution in [1.29, 1.82) is 0 Å². The molecule has 4 heteroatoms. The van der Waals surface area contributed by atoms with E-state index in [-0.39, 0.29) is 11.8 Å². The van der Waals surface area contributed by atoms with Gasteiger partial charge in [-0.2, -0.15) is 0 Å². The van der Waals surface area contributed by atoms with E-state index in [0.29, 0.717) is 6.42 Å². The van der Waals surface area contributed by atoms with E-state index < -0.39 is 17.4 Å². The van der Waals surface area contributed by atoms with E-state index >= 15 is 0 Å². The zero-order valence-electron chi connectivity index (χ0n) is 12.8. The molecule has 0 saturated carbocycles. The normalized spacial score (nSPS) is 19.5. The molecule has 1 aromatic rings. The number of aryl methyl sites for hydroxylation is 1. The summed E-state index contributed by atoms with van der Waals surface area (Å²) in [6.45, 7) is 5.46. The maximum Gasteiger partial charge on any atom is 0.326 e. The zero-order valence-corrected chi connectivity index (χ0v) is 12.8. The molecule has 0 heterocycles. The van der Waals surface area contributed by atoms with E-state index in [1.807, 2.05) is 39.0 Å². The van der Waals surface area contributed by atoms with Crippen molar-refractivity contribution in [3.8, 4) is 0 Å². The molecule has 0 spiro atoms. The molecule has 2 rings (SSSR count). The van der Waals surface area contributed by atoms with Crippen molar-refractivity contribution in [1.82, 2.24) is 5.32 Å². The summed E-state index contributed by atoms with van der Waals surface area (Å²) < 4.78 is 0. The number of hydrogen-bond acceptors (Lipinski definition) is 2. The van der Waals surface area contributed by atoms with Gasteiger partial charge in [-0.3, -0.25) is 4.79 Å². The van der Waals surface area contributed by atoms with E-state index in [0.717, 1.165) is 12.8 Å². The number of nitrogens with one attached hydrogen (secondary N) is 1. The molecule has 1 unspecified atom stereocenters. The number of benzene rings is 1. The summed E-state index contributed by atoms with van der Waals surface area (Å²) in [4.78, 5) is 23.7. The molecule has 0 radical (unpaired) electrons. The van der Waals surface area contributed by atoms with Crippen molar-refractivity contribution in [3.63, 3.8) is 0 Å². The van der Waals surface area contributed by atoms with Crippen LogP contribution in [0.5, 0.6) is 0 Å². The Morgan fingerprint density at radius 1 is 1.24 bits per heavy atom. The summed E-state index contributed by atoms with van der Waals surface area (Å²) in [5.41, 5.74) is 1.99. The highest BCUT2D eigenvalue weighted by atomic mass is 16.4. The summed E-state index contributed by atoms with van der Waals surface area (Å²) in [6.07, 6.45) is 2.35. The SMILES string of the molecule is CC(C)(C)[C@H](NC(=O)C1CCc2ccccc2C1)C(=O)O. The minimum atomic E-state index is -0.980. The van der Waals surface area contributed by atoms with Crippen LogP contribution in [-0.4, -0.2) is 23.0 Å². The van der Waals surface area contributed by atoms with Crippen LogP contribution in [0.3, 0.4) is 0 Å². The second kappa shape index (κ2) is 5.88. The lowest BCUT2D eigenvalue weighted by Gasteiger charge is -2.30. The molecule has 0 aromatic heterocycles. The monoisotopic (exact) mass is 289 g/mol. The topological polar surface area (TPSA) is 66.4 Å². The maximum atomic E-state index is 12.4. The molecule has 1 amide bonds. The third kappa shape index (κ3) is 3.63. The highest BCUT2D eigenvalue weighted by molar-refractivity contribution is 5.85. The number of carbonyl (C=O) groups is 2. The molecular formula is C17H23NO3.